The number of primary sulfonamides is 1. The summed E-state index contributed by atoms with van der Waals surface area (Å²) in [6.45, 7) is 1.72. The number of amides is 1. The Hall–Kier alpha value is -2.55. The molecule has 0 saturated heterocycles. The maximum absolute atomic E-state index is 12.5. The quantitative estimate of drug-likeness (QED) is 0.734. The molecular formula is C17H15N3O3S2. The van der Waals surface area contributed by atoms with E-state index < -0.39 is 15.9 Å². The van der Waals surface area contributed by atoms with Crippen LogP contribution in [0, 0.1) is 6.92 Å². The van der Waals surface area contributed by atoms with Crippen LogP contribution >= 0.6 is 11.3 Å². The molecule has 3 N–H and O–H groups in total. The van der Waals surface area contributed by atoms with Crippen molar-refractivity contribution in [1.29, 1.82) is 0 Å². The summed E-state index contributed by atoms with van der Waals surface area (Å²) >= 11 is 1.30. The number of thiazole rings is 1. The van der Waals surface area contributed by atoms with Crippen LogP contribution in [0.1, 0.15) is 15.9 Å². The minimum Gasteiger partial charge on any atom is -0.298 e. The van der Waals surface area contributed by atoms with Crippen LogP contribution in [0.15, 0.2) is 58.8 Å². The zero-order chi connectivity index (χ0) is 18.0. The average Bonchev–Trinajstić information content (AvgIpc) is 3.03. The second-order valence-corrected chi connectivity index (χ2v) is 7.80. The second kappa shape index (κ2) is 6.75. The summed E-state index contributed by atoms with van der Waals surface area (Å²) in [6.07, 6.45) is 0. The molecule has 2 aromatic carbocycles. The molecule has 8 heteroatoms. The highest BCUT2D eigenvalue weighted by Crippen LogP contribution is 2.25. The molecule has 0 bridgehead atoms. The average molecular weight is 373 g/mol. The zero-order valence-corrected chi connectivity index (χ0v) is 14.9. The van der Waals surface area contributed by atoms with Crippen molar-refractivity contribution in [1.82, 2.24) is 4.98 Å². The van der Waals surface area contributed by atoms with Gasteiger partial charge in [0.2, 0.25) is 10.0 Å². The molecule has 1 heterocycles. The zero-order valence-electron chi connectivity index (χ0n) is 13.3. The summed E-state index contributed by atoms with van der Waals surface area (Å²) in [5.74, 6) is -0.433. The van der Waals surface area contributed by atoms with Crippen LogP contribution in [0.3, 0.4) is 0 Å². The van der Waals surface area contributed by atoms with E-state index in [0.717, 1.165) is 11.3 Å². The van der Waals surface area contributed by atoms with Crippen molar-refractivity contribution in [2.24, 2.45) is 5.14 Å². The molecule has 128 valence electrons. The van der Waals surface area contributed by atoms with Gasteiger partial charge in [0, 0.05) is 16.5 Å². The standard InChI is InChI=1S/C17H15N3O3S2/c1-11-7-8-13(25(18,22)23)9-14(11)16(21)20-17-19-15(10-24-17)12-5-3-2-4-6-12/h2-10H,1H3,(H2,18,22,23)(H,19,20,21). The molecule has 0 atom stereocenters. The van der Waals surface area contributed by atoms with Gasteiger partial charge in [0.25, 0.3) is 5.91 Å². The van der Waals surface area contributed by atoms with Crippen LogP contribution in [-0.4, -0.2) is 19.3 Å². The van der Waals surface area contributed by atoms with E-state index in [1.165, 1.54) is 23.5 Å². The third-order valence-corrected chi connectivity index (χ3v) is 5.25. The number of hydrogen-bond acceptors (Lipinski definition) is 5. The molecular weight excluding hydrogens is 358 g/mol. The Morgan fingerprint density at radius 3 is 2.56 bits per heavy atom. The van der Waals surface area contributed by atoms with Gasteiger partial charge in [-0.2, -0.15) is 0 Å². The third kappa shape index (κ3) is 3.93. The van der Waals surface area contributed by atoms with Gasteiger partial charge in [0.1, 0.15) is 0 Å². The minimum absolute atomic E-state index is 0.104. The molecule has 0 unspecified atom stereocenters. The summed E-state index contributed by atoms with van der Waals surface area (Å²) < 4.78 is 22.9. The van der Waals surface area contributed by atoms with E-state index in [4.69, 9.17) is 5.14 Å². The fraction of sp³-hybridized carbons (Fsp3) is 0.0588. The van der Waals surface area contributed by atoms with Crippen molar-refractivity contribution < 1.29 is 13.2 Å². The molecule has 0 aliphatic heterocycles. The number of rotatable bonds is 4. The van der Waals surface area contributed by atoms with E-state index in [1.807, 2.05) is 35.7 Å². The number of sulfonamides is 1. The number of benzene rings is 2. The number of carbonyl (C=O) groups excluding carboxylic acids is 1. The molecule has 3 rings (SSSR count). The highest BCUT2D eigenvalue weighted by atomic mass is 32.2. The smallest absolute Gasteiger partial charge is 0.257 e. The van der Waals surface area contributed by atoms with Gasteiger partial charge < -0.3 is 0 Å². The number of nitrogens with two attached hydrogens (primary N) is 1. The Balaban J connectivity index is 1.85. The van der Waals surface area contributed by atoms with Crippen LogP contribution in [0.4, 0.5) is 5.13 Å². The fourth-order valence-corrected chi connectivity index (χ4v) is 3.51. The number of anilines is 1. The van der Waals surface area contributed by atoms with Crippen molar-refractivity contribution in [3.63, 3.8) is 0 Å². The fourth-order valence-electron chi connectivity index (χ4n) is 2.26. The number of nitrogens with one attached hydrogen (secondary N) is 1. The highest BCUT2D eigenvalue weighted by molar-refractivity contribution is 7.89. The predicted octanol–water partition coefficient (Wildman–Crippen LogP) is 3.02. The monoisotopic (exact) mass is 373 g/mol. The highest BCUT2D eigenvalue weighted by Gasteiger charge is 2.16. The predicted molar refractivity (Wildman–Crippen MR) is 98.1 cm³/mol. The van der Waals surface area contributed by atoms with E-state index in [9.17, 15) is 13.2 Å². The number of nitrogens with zero attached hydrogens (tertiary/aromatic N) is 1. The SMILES string of the molecule is Cc1ccc(S(N)(=O)=O)cc1C(=O)Nc1nc(-c2ccccc2)cs1. The van der Waals surface area contributed by atoms with Crippen LogP contribution in [0.2, 0.25) is 0 Å². The molecule has 25 heavy (non-hydrogen) atoms. The van der Waals surface area contributed by atoms with Crippen molar-refractivity contribution in [2.75, 3.05) is 5.32 Å². The molecule has 6 nitrogen and oxygen atoms in total. The second-order valence-electron chi connectivity index (χ2n) is 5.38. The first-order chi connectivity index (χ1) is 11.8. The van der Waals surface area contributed by atoms with Crippen LogP contribution in [0.5, 0.6) is 0 Å². The van der Waals surface area contributed by atoms with Gasteiger partial charge in [-0.15, -0.1) is 11.3 Å². The van der Waals surface area contributed by atoms with Gasteiger partial charge in [-0.05, 0) is 24.6 Å². The number of hydrogen-bond donors (Lipinski definition) is 2. The van der Waals surface area contributed by atoms with Gasteiger partial charge in [-0.3, -0.25) is 10.1 Å². The Kier molecular flexibility index (Phi) is 4.67. The Morgan fingerprint density at radius 2 is 1.88 bits per heavy atom. The number of aryl methyl sites for hydroxylation is 1. The van der Waals surface area contributed by atoms with E-state index in [0.29, 0.717) is 10.7 Å². The lowest BCUT2D eigenvalue weighted by Crippen LogP contribution is -2.17. The molecule has 1 aromatic heterocycles. The molecule has 0 saturated carbocycles. The molecule has 1 amide bonds. The lowest BCUT2D eigenvalue weighted by molar-refractivity contribution is 0.102. The topological polar surface area (TPSA) is 102 Å². The maximum atomic E-state index is 12.5. The Labute approximate surface area is 149 Å². The lowest BCUT2D eigenvalue weighted by Gasteiger charge is -2.07. The van der Waals surface area contributed by atoms with Gasteiger partial charge >= 0.3 is 0 Å². The summed E-state index contributed by atoms with van der Waals surface area (Å²) in [4.78, 5) is 16.8. The van der Waals surface area contributed by atoms with Gasteiger partial charge in [0.05, 0.1) is 10.6 Å². The molecule has 0 radical (unpaired) electrons. The summed E-state index contributed by atoms with van der Waals surface area (Å²) in [5.41, 5.74) is 2.59. The van der Waals surface area contributed by atoms with E-state index in [1.54, 1.807) is 13.0 Å². The maximum Gasteiger partial charge on any atom is 0.257 e. The minimum atomic E-state index is -3.87. The first kappa shape index (κ1) is 17.3. The Morgan fingerprint density at radius 1 is 1.16 bits per heavy atom. The van der Waals surface area contributed by atoms with Crippen LogP contribution < -0.4 is 10.5 Å². The normalized spacial score (nSPS) is 11.3. The first-order valence-corrected chi connectivity index (χ1v) is 9.73. The molecule has 0 aliphatic rings. The van der Waals surface area contributed by atoms with Crippen molar-refractivity contribution in [3.05, 3.63) is 65.0 Å². The Bertz CT molecular complexity index is 1030. The molecule has 0 fully saturated rings. The first-order valence-electron chi connectivity index (χ1n) is 7.30. The van der Waals surface area contributed by atoms with Crippen LogP contribution in [0.25, 0.3) is 11.3 Å². The van der Waals surface area contributed by atoms with Crippen molar-refractivity contribution in [3.8, 4) is 11.3 Å². The van der Waals surface area contributed by atoms with Crippen molar-refractivity contribution in [2.45, 2.75) is 11.8 Å². The van der Waals surface area contributed by atoms with Gasteiger partial charge in [-0.1, -0.05) is 36.4 Å². The number of carbonyl (C=O) groups is 1. The molecule has 0 spiro atoms. The third-order valence-electron chi connectivity index (χ3n) is 3.58. The summed E-state index contributed by atoms with van der Waals surface area (Å²) in [6, 6.07) is 13.8. The van der Waals surface area contributed by atoms with E-state index in [-0.39, 0.29) is 10.5 Å². The van der Waals surface area contributed by atoms with E-state index in [2.05, 4.69) is 10.3 Å². The number of aromatic nitrogens is 1. The van der Waals surface area contributed by atoms with Gasteiger partial charge in [-0.25, -0.2) is 18.5 Å². The van der Waals surface area contributed by atoms with Gasteiger partial charge in [0.15, 0.2) is 5.13 Å². The van der Waals surface area contributed by atoms with Crippen LogP contribution in [-0.2, 0) is 10.0 Å². The molecule has 0 aliphatic carbocycles. The van der Waals surface area contributed by atoms with Crippen molar-refractivity contribution >= 4 is 32.4 Å². The lowest BCUT2D eigenvalue weighted by atomic mass is 10.1. The van der Waals surface area contributed by atoms with E-state index >= 15 is 0 Å². The summed E-state index contributed by atoms with van der Waals surface area (Å²) in [5, 5.41) is 10.1. The molecule has 3 aromatic rings. The summed E-state index contributed by atoms with van der Waals surface area (Å²) in [7, 11) is -3.87. The largest absolute Gasteiger partial charge is 0.298 e.